The highest BCUT2D eigenvalue weighted by Crippen LogP contribution is 2.20. The molecule has 1 N–H and O–H groups in total. The lowest BCUT2D eigenvalue weighted by Gasteiger charge is -2.28. The minimum absolute atomic E-state index is 0.0955. The van der Waals surface area contributed by atoms with Crippen LogP contribution in [0.2, 0.25) is 0 Å². The molecular formula is C22H20FN3O2. The fourth-order valence-electron chi connectivity index (χ4n) is 3.44. The van der Waals surface area contributed by atoms with Gasteiger partial charge in [-0.15, -0.1) is 0 Å². The summed E-state index contributed by atoms with van der Waals surface area (Å²) in [7, 11) is 0. The van der Waals surface area contributed by atoms with Crippen LogP contribution in [-0.2, 0) is 19.4 Å². The number of rotatable bonds is 3. The number of carbonyl (C=O) groups is 1. The summed E-state index contributed by atoms with van der Waals surface area (Å²) < 4.78 is 13.5. The first-order valence-electron chi connectivity index (χ1n) is 9.31. The molecule has 1 aliphatic heterocycles. The Bertz CT molecular complexity index is 1090. The number of aromatic nitrogens is 2. The zero-order valence-corrected chi connectivity index (χ0v) is 15.5. The molecule has 0 fully saturated rings. The molecule has 6 heteroatoms. The summed E-state index contributed by atoms with van der Waals surface area (Å²) in [6, 6.07) is 13.5. The van der Waals surface area contributed by atoms with Gasteiger partial charge in [-0.2, -0.15) is 0 Å². The summed E-state index contributed by atoms with van der Waals surface area (Å²) >= 11 is 0. The van der Waals surface area contributed by atoms with E-state index in [-0.39, 0.29) is 23.8 Å². The number of amides is 1. The van der Waals surface area contributed by atoms with E-state index in [1.54, 1.807) is 17.0 Å². The summed E-state index contributed by atoms with van der Waals surface area (Å²) in [5.41, 5.74) is 3.17. The monoisotopic (exact) mass is 377 g/mol. The van der Waals surface area contributed by atoms with Gasteiger partial charge in [0, 0.05) is 24.1 Å². The lowest BCUT2D eigenvalue weighted by molar-refractivity contribution is 0.0732. The quantitative estimate of drug-likeness (QED) is 0.761. The number of hydrogen-bond donors (Lipinski definition) is 1. The number of hydrogen-bond acceptors (Lipinski definition) is 3. The Kier molecular flexibility index (Phi) is 4.77. The molecule has 0 saturated carbocycles. The van der Waals surface area contributed by atoms with Gasteiger partial charge in [0.25, 0.3) is 11.5 Å². The van der Waals surface area contributed by atoms with Gasteiger partial charge in [0.1, 0.15) is 11.6 Å². The van der Waals surface area contributed by atoms with Crippen molar-refractivity contribution in [2.45, 2.75) is 26.3 Å². The number of nitrogens with one attached hydrogen (secondary N) is 1. The molecule has 1 amide bonds. The average molecular weight is 377 g/mol. The normalized spacial score (nSPS) is 13.3. The molecular weight excluding hydrogens is 357 g/mol. The first-order valence-corrected chi connectivity index (χ1v) is 9.31. The first kappa shape index (κ1) is 18.1. The molecule has 0 aliphatic carbocycles. The van der Waals surface area contributed by atoms with E-state index in [1.807, 2.05) is 24.3 Å². The molecule has 0 bridgehead atoms. The summed E-state index contributed by atoms with van der Waals surface area (Å²) in [6.07, 6.45) is 1.40. The number of carbonyl (C=O) groups excluding carboxylic acids is 1. The highest BCUT2D eigenvalue weighted by Gasteiger charge is 2.25. The Hall–Kier alpha value is -3.28. The zero-order chi connectivity index (χ0) is 19.7. The number of aryl methyl sites for hydroxylation is 1. The second kappa shape index (κ2) is 7.38. The summed E-state index contributed by atoms with van der Waals surface area (Å²) in [5.74, 6) is -0.135. The molecule has 2 heterocycles. The molecule has 4 rings (SSSR count). The fraction of sp³-hybridized carbons (Fsp3) is 0.227. The number of nitrogens with zero attached hydrogens (tertiary/aromatic N) is 2. The van der Waals surface area contributed by atoms with Gasteiger partial charge in [-0.1, -0.05) is 31.2 Å². The molecule has 0 radical (unpaired) electrons. The average Bonchev–Trinajstić information content (AvgIpc) is 2.73. The van der Waals surface area contributed by atoms with E-state index in [0.29, 0.717) is 41.2 Å². The Balaban J connectivity index is 1.60. The fourth-order valence-corrected chi connectivity index (χ4v) is 3.44. The van der Waals surface area contributed by atoms with Crippen molar-refractivity contribution < 1.29 is 9.18 Å². The Morgan fingerprint density at radius 2 is 2.00 bits per heavy atom. The van der Waals surface area contributed by atoms with Gasteiger partial charge in [0.2, 0.25) is 0 Å². The van der Waals surface area contributed by atoms with Gasteiger partial charge < -0.3 is 9.88 Å². The van der Waals surface area contributed by atoms with E-state index in [4.69, 9.17) is 0 Å². The van der Waals surface area contributed by atoms with E-state index < -0.39 is 0 Å². The molecule has 0 atom stereocenters. The van der Waals surface area contributed by atoms with Crippen LogP contribution < -0.4 is 5.56 Å². The van der Waals surface area contributed by atoms with Crippen molar-refractivity contribution in [3.63, 3.8) is 0 Å². The van der Waals surface area contributed by atoms with Crippen LogP contribution in [0.25, 0.3) is 11.4 Å². The number of halogens is 1. The lowest BCUT2D eigenvalue weighted by Crippen LogP contribution is -2.39. The topological polar surface area (TPSA) is 66.1 Å². The van der Waals surface area contributed by atoms with Crippen LogP contribution >= 0.6 is 0 Å². The van der Waals surface area contributed by atoms with Crippen LogP contribution in [0.5, 0.6) is 0 Å². The van der Waals surface area contributed by atoms with Gasteiger partial charge in [0.15, 0.2) is 0 Å². The van der Waals surface area contributed by atoms with Gasteiger partial charge in [0.05, 0.1) is 17.8 Å². The highest BCUT2D eigenvalue weighted by molar-refractivity contribution is 5.94. The predicted molar refractivity (Wildman–Crippen MR) is 105 cm³/mol. The first-order chi connectivity index (χ1) is 13.5. The van der Waals surface area contributed by atoms with Crippen LogP contribution in [0.4, 0.5) is 4.39 Å². The summed E-state index contributed by atoms with van der Waals surface area (Å²) in [6.45, 7) is 2.77. The van der Waals surface area contributed by atoms with Crippen LogP contribution in [0.1, 0.15) is 34.1 Å². The molecule has 142 valence electrons. The highest BCUT2D eigenvalue weighted by atomic mass is 19.1. The maximum Gasteiger partial charge on any atom is 0.256 e. The Morgan fingerprint density at radius 3 is 2.71 bits per heavy atom. The lowest BCUT2D eigenvalue weighted by atomic mass is 10.0. The third-order valence-corrected chi connectivity index (χ3v) is 5.06. The zero-order valence-electron chi connectivity index (χ0n) is 15.5. The van der Waals surface area contributed by atoms with Gasteiger partial charge in [-0.05, 0) is 36.2 Å². The van der Waals surface area contributed by atoms with Crippen molar-refractivity contribution in [3.05, 3.63) is 87.1 Å². The van der Waals surface area contributed by atoms with Crippen molar-refractivity contribution in [1.82, 2.24) is 14.9 Å². The summed E-state index contributed by atoms with van der Waals surface area (Å²) in [5, 5.41) is 0. The third kappa shape index (κ3) is 3.45. The molecule has 0 saturated heterocycles. The number of H-pyrrole nitrogens is 1. The number of fused-ring (bicyclic) bond motifs is 1. The maximum atomic E-state index is 13.5. The van der Waals surface area contributed by atoms with Gasteiger partial charge in [-0.3, -0.25) is 9.59 Å². The molecule has 3 aromatic rings. The molecule has 5 nitrogen and oxygen atoms in total. The SMILES string of the molecule is CCc1ccc(C(=O)N2CCc3nc(-c4cccc(F)c4)[nH]c(=O)c3C2)cc1. The standard InChI is InChI=1S/C22H20FN3O2/c1-2-14-6-8-15(9-7-14)22(28)26-11-10-19-18(13-26)21(27)25-20(24-19)16-4-3-5-17(23)12-16/h3-9,12H,2,10-11,13H2,1H3,(H,24,25,27). The minimum Gasteiger partial charge on any atom is -0.334 e. The second-order valence-electron chi connectivity index (χ2n) is 6.88. The van der Waals surface area contributed by atoms with Crippen LogP contribution in [0, 0.1) is 5.82 Å². The van der Waals surface area contributed by atoms with Gasteiger partial charge in [-0.25, -0.2) is 9.37 Å². The van der Waals surface area contributed by atoms with E-state index in [9.17, 15) is 14.0 Å². The molecule has 0 unspecified atom stereocenters. The van der Waals surface area contributed by atoms with Crippen LogP contribution in [0.15, 0.2) is 53.3 Å². The van der Waals surface area contributed by atoms with E-state index in [0.717, 1.165) is 6.42 Å². The van der Waals surface area contributed by atoms with E-state index >= 15 is 0 Å². The van der Waals surface area contributed by atoms with Crippen molar-refractivity contribution in [2.24, 2.45) is 0 Å². The Labute approximate surface area is 161 Å². The van der Waals surface area contributed by atoms with Gasteiger partial charge >= 0.3 is 0 Å². The van der Waals surface area contributed by atoms with Crippen LogP contribution in [0.3, 0.4) is 0 Å². The van der Waals surface area contributed by atoms with Crippen molar-refractivity contribution in [3.8, 4) is 11.4 Å². The van der Waals surface area contributed by atoms with Crippen molar-refractivity contribution >= 4 is 5.91 Å². The molecule has 2 aromatic carbocycles. The predicted octanol–water partition coefficient (Wildman–Crippen LogP) is 3.34. The van der Waals surface area contributed by atoms with Crippen LogP contribution in [-0.4, -0.2) is 27.3 Å². The second-order valence-corrected chi connectivity index (χ2v) is 6.88. The number of benzene rings is 2. The smallest absolute Gasteiger partial charge is 0.256 e. The Morgan fingerprint density at radius 1 is 1.21 bits per heavy atom. The molecule has 1 aromatic heterocycles. The van der Waals surface area contributed by atoms with E-state index in [2.05, 4.69) is 16.9 Å². The number of aromatic amines is 1. The largest absolute Gasteiger partial charge is 0.334 e. The maximum absolute atomic E-state index is 13.5. The molecule has 1 aliphatic rings. The third-order valence-electron chi connectivity index (χ3n) is 5.06. The van der Waals surface area contributed by atoms with Crippen molar-refractivity contribution in [2.75, 3.05) is 6.54 Å². The van der Waals surface area contributed by atoms with E-state index in [1.165, 1.54) is 17.7 Å². The minimum atomic E-state index is -0.385. The molecule has 0 spiro atoms. The summed E-state index contributed by atoms with van der Waals surface area (Å²) in [4.78, 5) is 34.3. The molecule has 28 heavy (non-hydrogen) atoms. The van der Waals surface area contributed by atoms with Crippen molar-refractivity contribution in [1.29, 1.82) is 0 Å².